The van der Waals surface area contributed by atoms with E-state index in [4.69, 9.17) is 0 Å². The fourth-order valence-electron chi connectivity index (χ4n) is 1.83. The molecule has 0 saturated heterocycles. The fourth-order valence-corrected chi connectivity index (χ4v) is 1.83. The number of hydrogen-bond donors (Lipinski definition) is 0. The van der Waals surface area contributed by atoms with Gasteiger partial charge in [-0.1, -0.05) is 38.2 Å². The lowest BCUT2D eigenvalue weighted by atomic mass is 9.86. The van der Waals surface area contributed by atoms with Crippen LogP contribution in [0.3, 0.4) is 0 Å². The molecule has 0 nitrogen and oxygen atoms in total. The van der Waals surface area contributed by atoms with Crippen LogP contribution in [-0.4, -0.2) is 0 Å². The van der Waals surface area contributed by atoms with Crippen molar-refractivity contribution >= 4 is 0 Å². The molecule has 1 saturated carbocycles. The van der Waals surface area contributed by atoms with E-state index in [0.29, 0.717) is 0 Å². The molecule has 1 aliphatic rings. The summed E-state index contributed by atoms with van der Waals surface area (Å²) in [5.74, 6) is 1.03. The summed E-state index contributed by atoms with van der Waals surface area (Å²) in [6.07, 6.45) is 12.1. The van der Waals surface area contributed by atoms with Crippen LogP contribution in [0, 0.1) is 5.92 Å². The summed E-state index contributed by atoms with van der Waals surface area (Å²) in [5, 5.41) is 0. The third kappa shape index (κ3) is 2.55. The zero-order valence-electron chi connectivity index (χ0n) is 6.81. The van der Waals surface area contributed by atoms with Gasteiger partial charge in [-0.3, -0.25) is 0 Å². The van der Waals surface area contributed by atoms with Gasteiger partial charge in [0.15, 0.2) is 0 Å². The Hall–Kier alpha value is -0.260. The summed E-state index contributed by atoms with van der Waals surface area (Å²) in [6.45, 7) is 3.75. The maximum absolute atomic E-state index is 3.75. The van der Waals surface area contributed by atoms with Crippen molar-refractivity contribution in [3.05, 3.63) is 12.7 Å². The average molecular weight is 138 g/mol. The van der Waals surface area contributed by atoms with Crippen LogP contribution in [0.5, 0.6) is 0 Å². The van der Waals surface area contributed by atoms with E-state index in [2.05, 4.69) is 12.7 Å². The van der Waals surface area contributed by atoms with Crippen molar-refractivity contribution in [3.8, 4) is 0 Å². The van der Waals surface area contributed by atoms with E-state index in [1.807, 2.05) is 0 Å². The highest BCUT2D eigenvalue weighted by atomic mass is 14.2. The van der Waals surface area contributed by atoms with Crippen molar-refractivity contribution < 1.29 is 0 Å². The van der Waals surface area contributed by atoms with Gasteiger partial charge in [0.25, 0.3) is 0 Å². The topological polar surface area (TPSA) is 0 Å². The van der Waals surface area contributed by atoms with Crippen LogP contribution in [0.4, 0.5) is 0 Å². The second-order valence-electron chi connectivity index (χ2n) is 3.37. The van der Waals surface area contributed by atoms with Gasteiger partial charge in [0.1, 0.15) is 0 Å². The van der Waals surface area contributed by atoms with E-state index in [9.17, 15) is 0 Å². The second-order valence-corrected chi connectivity index (χ2v) is 3.37. The molecule has 0 bridgehead atoms. The lowest BCUT2D eigenvalue weighted by Crippen LogP contribution is -2.05. The SMILES string of the molecule is C=CCCC1CCCCC1. The van der Waals surface area contributed by atoms with Crippen LogP contribution in [0.1, 0.15) is 44.9 Å². The molecule has 10 heavy (non-hydrogen) atoms. The van der Waals surface area contributed by atoms with Crippen LogP contribution in [0.2, 0.25) is 0 Å². The Morgan fingerprint density at radius 1 is 1.20 bits per heavy atom. The first-order valence-electron chi connectivity index (χ1n) is 4.54. The molecular weight excluding hydrogens is 120 g/mol. The monoisotopic (exact) mass is 138 g/mol. The highest BCUT2D eigenvalue weighted by Crippen LogP contribution is 2.27. The Balaban J connectivity index is 2.07. The van der Waals surface area contributed by atoms with E-state index in [1.165, 1.54) is 44.9 Å². The molecule has 0 spiro atoms. The normalized spacial score (nSPS) is 20.8. The van der Waals surface area contributed by atoms with E-state index in [-0.39, 0.29) is 0 Å². The lowest BCUT2D eigenvalue weighted by molar-refractivity contribution is 0.341. The first-order valence-corrected chi connectivity index (χ1v) is 4.54. The van der Waals surface area contributed by atoms with E-state index in [0.717, 1.165) is 5.92 Å². The van der Waals surface area contributed by atoms with Crippen molar-refractivity contribution in [3.63, 3.8) is 0 Å². The van der Waals surface area contributed by atoms with Gasteiger partial charge in [0.2, 0.25) is 0 Å². The summed E-state index contributed by atoms with van der Waals surface area (Å²) >= 11 is 0. The van der Waals surface area contributed by atoms with Gasteiger partial charge in [-0.05, 0) is 18.8 Å². The molecule has 0 amide bonds. The van der Waals surface area contributed by atoms with Gasteiger partial charge in [0, 0.05) is 0 Å². The molecule has 1 aliphatic carbocycles. The molecule has 0 aromatic carbocycles. The first-order chi connectivity index (χ1) is 4.93. The van der Waals surface area contributed by atoms with Gasteiger partial charge in [-0.25, -0.2) is 0 Å². The van der Waals surface area contributed by atoms with Crippen molar-refractivity contribution in [1.82, 2.24) is 0 Å². The maximum Gasteiger partial charge on any atom is -0.0351 e. The number of allylic oxidation sites excluding steroid dienone is 1. The predicted octanol–water partition coefficient (Wildman–Crippen LogP) is 3.53. The summed E-state index contributed by atoms with van der Waals surface area (Å²) in [5.41, 5.74) is 0. The fraction of sp³-hybridized carbons (Fsp3) is 0.800. The Bertz CT molecular complexity index is 88.2. The number of rotatable bonds is 3. The van der Waals surface area contributed by atoms with Gasteiger partial charge in [0.05, 0.1) is 0 Å². The summed E-state index contributed by atoms with van der Waals surface area (Å²) in [7, 11) is 0. The molecule has 58 valence electrons. The molecule has 1 rings (SSSR count). The summed E-state index contributed by atoms with van der Waals surface area (Å²) in [4.78, 5) is 0. The minimum Gasteiger partial charge on any atom is -0.103 e. The molecule has 0 aliphatic heterocycles. The van der Waals surface area contributed by atoms with Crippen LogP contribution in [0.25, 0.3) is 0 Å². The molecule has 0 radical (unpaired) electrons. The smallest absolute Gasteiger partial charge is 0.0351 e. The highest BCUT2D eigenvalue weighted by Gasteiger charge is 2.11. The van der Waals surface area contributed by atoms with E-state index in [1.54, 1.807) is 0 Å². The minimum atomic E-state index is 1.03. The average Bonchev–Trinajstić information content (AvgIpc) is 2.03. The minimum absolute atomic E-state index is 1.03. The van der Waals surface area contributed by atoms with Gasteiger partial charge < -0.3 is 0 Å². The Morgan fingerprint density at radius 2 is 1.90 bits per heavy atom. The Morgan fingerprint density at radius 3 is 2.50 bits per heavy atom. The second kappa shape index (κ2) is 4.54. The first kappa shape index (κ1) is 7.84. The lowest BCUT2D eigenvalue weighted by Gasteiger charge is -2.20. The highest BCUT2D eigenvalue weighted by molar-refractivity contribution is 4.72. The molecule has 0 N–H and O–H groups in total. The summed E-state index contributed by atoms with van der Waals surface area (Å²) < 4.78 is 0. The largest absolute Gasteiger partial charge is 0.103 e. The third-order valence-electron chi connectivity index (χ3n) is 2.50. The van der Waals surface area contributed by atoms with Crippen molar-refractivity contribution in [1.29, 1.82) is 0 Å². The zero-order chi connectivity index (χ0) is 7.23. The summed E-state index contributed by atoms with van der Waals surface area (Å²) in [6, 6.07) is 0. The molecule has 0 heteroatoms. The quantitative estimate of drug-likeness (QED) is 0.523. The van der Waals surface area contributed by atoms with Crippen LogP contribution in [0.15, 0.2) is 12.7 Å². The molecule has 0 unspecified atom stereocenters. The van der Waals surface area contributed by atoms with E-state index < -0.39 is 0 Å². The zero-order valence-corrected chi connectivity index (χ0v) is 6.81. The van der Waals surface area contributed by atoms with Crippen molar-refractivity contribution in [2.24, 2.45) is 5.92 Å². The van der Waals surface area contributed by atoms with Crippen LogP contribution < -0.4 is 0 Å². The molecule has 1 fully saturated rings. The third-order valence-corrected chi connectivity index (χ3v) is 2.50. The molecule has 0 atom stereocenters. The maximum atomic E-state index is 3.75. The standard InChI is InChI=1S/C10H18/c1-2-3-7-10-8-5-4-6-9-10/h2,10H,1,3-9H2. The number of hydrogen-bond acceptors (Lipinski definition) is 0. The van der Waals surface area contributed by atoms with Crippen molar-refractivity contribution in [2.45, 2.75) is 44.9 Å². The molecule has 0 heterocycles. The van der Waals surface area contributed by atoms with Gasteiger partial charge >= 0.3 is 0 Å². The van der Waals surface area contributed by atoms with Crippen LogP contribution >= 0.6 is 0 Å². The Kier molecular flexibility index (Phi) is 3.56. The van der Waals surface area contributed by atoms with Crippen molar-refractivity contribution in [2.75, 3.05) is 0 Å². The van der Waals surface area contributed by atoms with Crippen LogP contribution in [-0.2, 0) is 0 Å². The molecular formula is C10H18. The van der Waals surface area contributed by atoms with E-state index >= 15 is 0 Å². The molecule has 0 aromatic rings. The van der Waals surface area contributed by atoms with Gasteiger partial charge in [-0.15, -0.1) is 6.58 Å². The Labute approximate surface area is 64.3 Å². The predicted molar refractivity (Wildman–Crippen MR) is 46.0 cm³/mol. The molecule has 0 aromatic heterocycles. The van der Waals surface area contributed by atoms with Gasteiger partial charge in [-0.2, -0.15) is 0 Å².